The van der Waals surface area contributed by atoms with Gasteiger partial charge >= 0.3 is 5.97 Å². The van der Waals surface area contributed by atoms with Crippen LogP contribution in [0, 0.1) is 5.82 Å². The highest BCUT2D eigenvalue weighted by Crippen LogP contribution is 2.25. The zero-order valence-corrected chi connectivity index (χ0v) is 15.1. The van der Waals surface area contributed by atoms with Crippen LogP contribution in [0.15, 0.2) is 53.1 Å². The Morgan fingerprint density at radius 3 is 2.60 bits per heavy atom. The summed E-state index contributed by atoms with van der Waals surface area (Å²) < 4.78 is 24.5. The Hall–Kier alpha value is -2.80. The minimum absolute atomic E-state index is 0.0863. The van der Waals surface area contributed by atoms with Crippen molar-refractivity contribution in [3.63, 3.8) is 0 Å². The Bertz CT molecular complexity index is 918. The largest absolute Gasteiger partial charge is 0.516 e. The maximum absolute atomic E-state index is 13.8. The van der Waals surface area contributed by atoms with E-state index in [2.05, 4.69) is 10.1 Å². The van der Waals surface area contributed by atoms with E-state index in [-0.39, 0.29) is 23.2 Å². The number of carbonyl (C=O) groups excluding carboxylic acids is 1. The molecule has 0 N–H and O–H groups in total. The third-order valence-electron chi connectivity index (χ3n) is 3.29. The number of hydrogen-bond donors (Lipinski definition) is 0. The van der Waals surface area contributed by atoms with Crippen LogP contribution >= 0.6 is 0 Å². The summed E-state index contributed by atoms with van der Waals surface area (Å²) in [6.45, 7) is 5.82. The smallest absolute Gasteiger partial charge is 0.324 e. The first-order valence-electron chi connectivity index (χ1n) is 7.76. The molecule has 1 heterocycles. The van der Waals surface area contributed by atoms with Crippen molar-refractivity contribution in [2.45, 2.75) is 19.6 Å². The van der Waals surface area contributed by atoms with Gasteiger partial charge in [0.25, 0.3) is 5.89 Å². The molecular formula is C18H17FN2O3Si. The van der Waals surface area contributed by atoms with Gasteiger partial charge in [-0.3, -0.25) is 0 Å². The summed E-state index contributed by atoms with van der Waals surface area (Å²) in [4.78, 5) is 16.4. The zero-order chi connectivity index (χ0) is 18.0. The van der Waals surface area contributed by atoms with Crippen molar-refractivity contribution in [2.24, 2.45) is 0 Å². The lowest BCUT2D eigenvalue weighted by atomic mass is 10.1. The van der Waals surface area contributed by atoms with Gasteiger partial charge in [-0.1, -0.05) is 29.4 Å². The van der Waals surface area contributed by atoms with Crippen LogP contribution < -0.4 is 0 Å². The van der Waals surface area contributed by atoms with Crippen molar-refractivity contribution >= 4 is 14.3 Å². The Balaban J connectivity index is 1.90. The van der Waals surface area contributed by atoms with Crippen LogP contribution in [0.2, 0.25) is 19.6 Å². The van der Waals surface area contributed by atoms with Crippen LogP contribution in [0.25, 0.3) is 22.8 Å². The first kappa shape index (κ1) is 17.0. The second-order valence-corrected chi connectivity index (χ2v) is 10.9. The van der Waals surface area contributed by atoms with Gasteiger partial charge in [0.2, 0.25) is 14.1 Å². The summed E-state index contributed by atoms with van der Waals surface area (Å²) in [5.74, 6) is -0.451. The van der Waals surface area contributed by atoms with E-state index < -0.39 is 14.1 Å². The molecule has 0 aliphatic heterocycles. The van der Waals surface area contributed by atoms with Crippen molar-refractivity contribution in [3.05, 3.63) is 59.9 Å². The Labute approximate surface area is 145 Å². The van der Waals surface area contributed by atoms with Gasteiger partial charge in [0.15, 0.2) is 0 Å². The second-order valence-electron chi connectivity index (χ2n) is 6.49. The summed E-state index contributed by atoms with van der Waals surface area (Å²) in [6.07, 6.45) is 0. The molecule has 0 saturated carbocycles. The van der Waals surface area contributed by atoms with Crippen LogP contribution in [-0.4, -0.2) is 24.4 Å². The molecule has 5 nitrogen and oxygen atoms in total. The monoisotopic (exact) mass is 356 g/mol. The predicted molar refractivity (Wildman–Crippen MR) is 93.9 cm³/mol. The highest BCUT2D eigenvalue weighted by Gasteiger charge is 2.22. The highest BCUT2D eigenvalue weighted by molar-refractivity contribution is 6.71. The number of nitrogens with zero attached hydrogens (tertiary/aromatic N) is 2. The summed E-state index contributed by atoms with van der Waals surface area (Å²) in [5.41, 5.74) is 1.24. The van der Waals surface area contributed by atoms with E-state index in [0.29, 0.717) is 11.1 Å². The normalized spacial score (nSPS) is 11.4. The maximum Gasteiger partial charge on any atom is 0.324 e. The summed E-state index contributed by atoms with van der Waals surface area (Å²) in [7, 11) is -1.99. The van der Waals surface area contributed by atoms with E-state index >= 15 is 0 Å². The van der Waals surface area contributed by atoms with Gasteiger partial charge in [-0.2, -0.15) is 4.98 Å². The molecule has 0 bridgehead atoms. The van der Waals surface area contributed by atoms with E-state index in [0.717, 1.165) is 0 Å². The van der Waals surface area contributed by atoms with Crippen LogP contribution in [0.1, 0.15) is 10.4 Å². The Morgan fingerprint density at radius 1 is 1.12 bits per heavy atom. The molecular weight excluding hydrogens is 339 g/mol. The number of halogens is 1. The molecule has 0 radical (unpaired) electrons. The van der Waals surface area contributed by atoms with Gasteiger partial charge in [-0.05, 0) is 43.9 Å². The van der Waals surface area contributed by atoms with Gasteiger partial charge in [-0.25, -0.2) is 9.18 Å². The average molecular weight is 356 g/mol. The number of benzene rings is 2. The van der Waals surface area contributed by atoms with Crippen LogP contribution in [0.5, 0.6) is 0 Å². The molecule has 2 aromatic carbocycles. The van der Waals surface area contributed by atoms with E-state index in [1.165, 1.54) is 6.07 Å². The van der Waals surface area contributed by atoms with Crippen LogP contribution in [0.3, 0.4) is 0 Å². The lowest BCUT2D eigenvalue weighted by Gasteiger charge is -2.17. The molecule has 3 aromatic rings. The van der Waals surface area contributed by atoms with Crippen molar-refractivity contribution in [1.82, 2.24) is 10.1 Å². The molecule has 0 aliphatic rings. The molecule has 0 saturated heterocycles. The standard InChI is InChI=1S/C18H17FN2O3Si/c1-25(2,3)24-18(22)13-8-6-7-12(11-13)16-20-17(23-21-16)14-9-4-5-10-15(14)19/h4-11H,1-3H3. The van der Waals surface area contributed by atoms with Crippen molar-refractivity contribution in [1.29, 1.82) is 0 Å². The molecule has 7 heteroatoms. The number of aromatic nitrogens is 2. The van der Waals surface area contributed by atoms with Crippen LogP contribution in [0.4, 0.5) is 4.39 Å². The van der Waals surface area contributed by atoms with Crippen molar-refractivity contribution in [2.75, 3.05) is 0 Å². The Morgan fingerprint density at radius 2 is 1.88 bits per heavy atom. The van der Waals surface area contributed by atoms with Gasteiger partial charge in [0, 0.05) is 5.56 Å². The molecule has 0 aliphatic carbocycles. The fourth-order valence-corrected chi connectivity index (χ4v) is 2.88. The topological polar surface area (TPSA) is 65.2 Å². The SMILES string of the molecule is C[Si](C)(C)OC(=O)c1cccc(-c2noc(-c3ccccc3F)n2)c1. The molecule has 0 amide bonds. The lowest BCUT2D eigenvalue weighted by molar-refractivity contribution is 0.0724. The first-order valence-corrected chi connectivity index (χ1v) is 11.2. The molecule has 0 atom stereocenters. The number of hydrogen-bond acceptors (Lipinski definition) is 5. The van der Waals surface area contributed by atoms with Crippen LogP contribution in [-0.2, 0) is 4.43 Å². The minimum Gasteiger partial charge on any atom is -0.516 e. The fourth-order valence-electron chi connectivity index (χ4n) is 2.21. The highest BCUT2D eigenvalue weighted by atomic mass is 28.4. The van der Waals surface area contributed by atoms with Gasteiger partial charge in [0.05, 0.1) is 11.1 Å². The maximum atomic E-state index is 13.8. The van der Waals surface area contributed by atoms with Gasteiger partial charge in [-0.15, -0.1) is 0 Å². The van der Waals surface area contributed by atoms with E-state index in [1.54, 1.807) is 42.5 Å². The Kier molecular flexibility index (Phi) is 4.50. The lowest BCUT2D eigenvalue weighted by Crippen LogP contribution is -2.29. The summed E-state index contributed by atoms with van der Waals surface area (Å²) in [5, 5.41) is 3.88. The predicted octanol–water partition coefficient (Wildman–Crippen LogP) is 4.53. The molecule has 25 heavy (non-hydrogen) atoms. The number of carbonyl (C=O) groups is 1. The van der Waals surface area contributed by atoms with E-state index in [4.69, 9.17) is 8.95 Å². The molecule has 0 unspecified atom stereocenters. The first-order chi connectivity index (χ1) is 11.8. The van der Waals surface area contributed by atoms with Crippen molar-refractivity contribution in [3.8, 4) is 22.8 Å². The molecule has 128 valence electrons. The fraction of sp³-hybridized carbons (Fsp3) is 0.167. The third-order valence-corrected chi connectivity index (χ3v) is 4.08. The zero-order valence-electron chi connectivity index (χ0n) is 14.1. The summed E-state index contributed by atoms with van der Waals surface area (Å²) in [6, 6.07) is 12.9. The molecule has 0 fully saturated rings. The average Bonchev–Trinajstić information content (AvgIpc) is 3.03. The quantitative estimate of drug-likeness (QED) is 0.642. The number of rotatable bonds is 4. The van der Waals surface area contributed by atoms with E-state index in [1.807, 2.05) is 19.6 Å². The van der Waals surface area contributed by atoms with Crippen molar-refractivity contribution < 1.29 is 18.1 Å². The van der Waals surface area contributed by atoms with Gasteiger partial charge in [0.1, 0.15) is 5.82 Å². The second kappa shape index (κ2) is 6.60. The molecule has 1 aromatic heterocycles. The van der Waals surface area contributed by atoms with E-state index in [9.17, 15) is 9.18 Å². The third kappa shape index (κ3) is 4.00. The summed E-state index contributed by atoms with van der Waals surface area (Å²) >= 11 is 0. The van der Waals surface area contributed by atoms with Gasteiger partial charge < -0.3 is 8.95 Å². The molecule has 3 rings (SSSR count). The molecule has 0 spiro atoms. The minimum atomic E-state index is -1.99.